The molecule has 1 atom stereocenters. The highest BCUT2D eigenvalue weighted by molar-refractivity contribution is 6.34. The summed E-state index contributed by atoms with van der Waals surface area (Å²) in [5.74, 6) is 1.56. The Kier molecular flexibility index (Phi) is 3.09. The van der Waals surface area contributed by atoms with Gasteiger partial charge >= 0.3 is 0 Å². The first-order valence-electron chi connectivity index (χ1n) is 9.23. The predicted octanol–water partition coefficient (Wildman–Crippen LogP) is 3.74. The molecule has 8 heteroatoms. The fourth-order valence-electron chi connectivity index (χ4n) is 4.23. The van der Waals surface area contributed by atoms with Crippen molar-refractivity contribution in [2.24, 2.45) is 0 Å². The van der Waals surface area contributed by atoms with E-state index in [1.807, 2.05) is 21.6 Å². The van der Waals surface area contributed by atoms with Gasteiger partial charge in [-0.1, -0.05) is 22.8 Å². The van der Waals surface area contributed by atoms with Crippen LogP contribution < -0.4 is 0 Å². The highest BCUT2D eigenvalue weighted by Crippen LogP contribution is 2.44. The molecule has 3 aromatic rings. The summed E-state index contributed by atoms with van der Waals surface area (Å²) in [6, 6.07) is 5.44. The second-order valence-corrected chi connectivity index (χ2v) is 7.78. The first kappa shape index (κ1) is 15.4. The van der Waals surface area contributed by atoms with Gasteiger partial charge in [0.05, 0.1) is 28.0 Å². The summed E-state index contributed by atoms with van der Waals surface area (Å²) in [5, 5.41) is 4.59. The lowest BCUT2D eigenvalue weighted by Crippen LogP contribution is -2.29. The fourth-order valence-corrected chi connectivity index (χ4v) is 4.48. The van der Waals surface area contributed by atoms with Crippen molar-refractivity contribution in [3.63, 3.8) is 0 Å². The Balaban J connectivity index is 1.59. The van der Waals surface area contributed by atoms with Gasteiger partial charge in [-0.15, -0.1) is 0 Å². The predicted molar refractivity (Wildman–Crippen MR) is 96.9 cm³/mol. The molecule has 2 aromatic heterocycles. The Bertz CT molecular complexity index is 1080. The Labute approximate surface area is 159 Å². The van der Waals surface area contributed by atoms with E-state index >= 15 is 0 Å². The molecule has 0 spiro atoms. The average Bonchev–Trinajstić information content (AvgIpc) is 3.10. The van der Waals surface area contributed by atoms with Crippen molar-refractivity contribution in [2.75, 3.05) is 6.54 Å². The number of carbonyl (C=O) groups excluding carboxylic acids is 1. The average molecular weight is 382 g/mol. The molecule has 6 rings (SSSR count). The summed E-state index contributed by atoms with van der Waals surface area (Å²) in [6.45, 7) is 0.704. The molecule has 1 aliphatic carbocycles. The van der Waals surface area contributed by atoms with Gasteiger partial charge in [-0.2, -0.15) is 4.98 Å². The van der Waals surface area contributed by atoms with Crippen molar-refractivity contribution in [1.82, 2.24) is 24.6 Å². The van der Waals surface area contributed by atoms with Crippen molar-refractivity contribution in [3.05, 3.63) is 46.6 Å². The molecule has 0 bridgehead atoms. The van der Waals surface area contributed by atoms with Crippen molar-refractivity contribution in [3.8, 4) is 17.3 Å². The molecule has 7 nitrogen and oxygen atoms in total. The minimum atomic E-state index is -0.0743. The molecule has 2 fully saturated rings. The first-order chi connectivity index (χ1) is 13.2. The van der Waals surface area contributed by atoms with Crippen LogP contribution in [0.2, 0.25) is 5.02 Å². The third-order valence-electron chi connectivity index (χ3n) is 5.69. The van der Waals surface area contributed by atoms with Gasteiger partial charge in [0.2, 0.25) is 0 Å². The van der Waals surface area contributed by atoms with Crippen molar-refractivity contribution < 1.29 is 9.32 Å². The standard InChI is InChI=1S/C19H16ClN5O2/c20-11-3-1-4-12-14(11)19(26)24-8-2-5-13(24)16-15(21-9-25(12)16)18-22-17(23-27-18)10-6-7-10/h1,3-4,9-10,13H,2,5-8H2/t13-/m0/s1. The van der Waals surface area contributed by atoms with Gasteiger partial charge in [0, 0.05) is 12.5 Å². The topological polar surface area (TPSA) is 77.0 Å². The van der Waals surface area contributed by atoms with E-state index < -0.39 is 0 Å². The van der Waals surface area contributed by atoms with Crippen LogP contribution in [0.4, 0.5) is 0 Å². The lowest BCUT2D eigenvalue weighted by atomic mass is 10.1. The summed E-state index contributed by atoms with van der Waals surface area (Å²) in [4.78, 5) is 24.3. The fraction of sp³-hybridized carbons (Fsp3) is 0.368. The monoisotopic (exact) mass is 381 g/mol. The molecule has 27 heavy (non-hydrogen) atoms. The second kappa shape index (κ2) is 5.42. The molecule has 0 radical (unpaired) electrons. The lowest BCUT2D eigenvalue weighted by molar-refractivity contribution is 0.0739. The van der Waals surface area contributed by atoms with Crippen LogP contribution in [0.5, 0.6) is 0 Å². The number of halogens is 1. The molecule has 3 aliphatic rings. The van der Waals surface area contributed by atoms with E-state index in [0.717, 1.165) is 42.9 Å². The molecule has 0 unspecified atom stereocenters. The normalized spacial score (nSPS) is 21.0. The van der Waals surface area contributed by atoms with Crippen LogP contribution in [0.15, 0.2) is 29.0 Å². The van der Waals surface area contributed by atoms with Crippen LogP contribution >= 0.6 is 11.6 Å². The van der Waals surface area contributed by atoms with E-state index in [4.69, 9.17) is 16.1 Å². The van der Waals surface area contributed by atoms with Crippen LogP contribution in [0, 0.1) is 0 Å². The van der Waals surface area contributed by atoms with E-state index in [0.29, 0.717) is 34.6 Å². The SMILES string of the molecule is O=C1c2c(Cl)cccc2-n2cnc(-c3nc(C4CC4)no3)c2[C@@H]2CCCN12. The number of nitrogens with zero attached hydrogens (tertiary/aromatic N) is 5. The van der Waals surface area contributed by atoms with Gasteiger partial charge in [-0.3, -0.25) is 9.36 Å². The van der Waals surface area contributed by atoms with Gasteiger partial charge in [0.25, 0.3) is 11.8 Å². The molecule has 136 valence electrons. The third-order valence-corrected chi connectivity index (χ3v) is 6.00. The first-order valence-corrected chi connectivity index (χ1v) is 9.61. The minimum Gasteiger partial charge on any atom is -0.332 e. The third kappa shape index (κ3) is 2.15. The van der Waals surface area contributed by atoms with Crippen LogP contribution in [0.3, 0.4) is 0 Å². The number of fused-ring (bicyclic) bond motifs is 5. The summed E-state index contributed by atoms with van der Waals surface area (Å²) in [6.07, 6.45) is 5.77. The maximum atomic E-state index is 13.2. The number of hydrogen-bond acceptors (Lipinski definition) is 5. The van der Waals surface area contributed by atoms with Gasteiger partial charge in [0.15, 0.2) is 11.5 Å². The number of hydrogen-bond donors (Lipinski definition) is 0. The number of imidazole rings is 1. The molecule has 2 aliphatic heterocycles. The van der Waals surface area contributed by atoms with E-state index in [2.05, 4.69) is 15.1 Å². The second-order valence-electron chi connectivity index (χ2n) is 7.37. The largest absolute Gasteiger partial charge is 0.332 e. The van der Waals surface area contributed by atoms with Crippen LogP contribution in [-0.4, -0.2) is 37.0 Å². The molecular formula is C19H16ClN5O2. The zero-order valence-electron chi connectivity index (χ0n) is 14.4. The van der Waals surface area contributed by atoms with Crippen LogP contribution in [0.1, 0.15) is 59.5 Å². The molecule has 1 saturated carbocycles. The Morgan fingerprint density at radius 1 is 1.22 bits per heavy atom. The highest BCUT2D eigenvalue weighted by atomic mass is 35.5. The summed E-state index contributed by atoms with van der Waals surface area (Å²) < 4.78 is 7.50. The molecule has 1 aromatic carbocycles. The van der Waals surface area contributed by atoms with Crippen LogP contribution in [0.25, 0.3) is 17.3 Å². The van der Waals surface area contributed by atoms with E-state index in [1.54, 1.807) is 12.4 Å². The lowest BCUT2D eigenvalue weighted by Gasteiger charge is -2.22. The number of benzene rings is 1. The Morgan fingerprint density at radius 3 is 2.96 bits per heavy atom. The number of rotatable bonds is 2. The molecule has 1 saturated heterocycles. The van der Waals surface area contributed by atoms with Gasteiger partial charge < -0.3 is 9.42 Å². The summed E-state index contributed by atoms with van der Waals surface area (Å²) in [5.41, 5.74) is 2.86. The quantitative estimate of drug-likeness (QED) is 0.675. The zero-order chi connectivity index (χ0) is 18.1. The summed E-state index contributed by atoms with van der Waals surface area (Å²) >= 11 is 6.41. The highest BCUT2D eigenvalue weighted by Gasteiger charge is 2.41. The zero-order valence-corrected chi connectivity index (χ0v) is 15.2. The van der Waals surface area contributed by atoms with E-state index in [9.17, 15) is 4.79 Å². The van der Waals surface area contributed by atoms with Gasteiger partial charge in [-0.05, 0) is 37.8 Å². The smallest absolute Gasteiger partial charge is 0.278 e. The number of amides is 1. The molecule has 1 amide bonds. The van der Waals surface area contributed by atoms with Gasteiger partial charge in [0.1, 0.15) is 6.33 Å². The van der Waals surface area contributed by atoms with Crippen LogP contribution in [-0.2, 0) is 0 Å². The molecule has 0 N–H and O–H groups in total. The van der Waals surface area contributed by atoms with Crippen molar-refractivity contribution in [2.45, 2.75) is 37.6 Å². The summed E-state index contributed by atoms with van der Waals surface area (Å²) in [7, 11) is 0. The maximum absolute atomic E-state index is 13.2. The minimum absolute atomic E-state index is 0.0306. The van der Waals surface area contributed by atoms with Gasteiger partial charge in [-0.25, -0.2) is 4.98 Å². The number of aromatic nitrogens is 4. The van der Waals surface area contributed by atoms with E-state index in [-0.39, 0.29) is 11.9 Å². The number of carbonyl (C=O) groups is 1. The van der Waals surface area contributed by atoms with Crippen molar-refractivity contribution in [1.29, 1.82) is 0 Å². The van der Waals surface area contributed by atoms with E-state index in [1.165, 1.54) is 0 Å². The van der Waals surface area contributed by atoms with Crippen molar-refractivity contribution >= 4 is 17.5 Å². The maximum Gasteiger partial charge on any atom is 0.278 e. The molecular weight excluding hydrogens is 366 g/mol. The molecule has 4 heterocycles. The Hall–Kier alpha value is -2.67. The Morgan fingerprint density at radius 2 is 2.11 bits per heavy atom.